The average Bonchev–Trinajstić information content (AvgIpc) is 3.20. The number of ether oxygens (including phenoxy) is 2. The number of pyridine rings is 1. The molecule has 0 bridgehead atoms. The van der Waals surface area contributed by atoms with Crippen molar-refractivity contribution in [3.63, 3.8) is 0 Å². The molecule has 1 aliphatic heterocycles. The summed E-state index contributed by atoms with van der Waals surface area (Å²) in [5, 5.41) is 10.4. The second-order valence-electron chi connectivity index (χ2n) is 6.37. The van der Waals surface area contributed by atoms with Crippen LogP contribution in [-0.4, -0.2) is 39.9 Å². The van der Waals surface area contributed by atoms with Crippen molar-refractivity contribution < 1.29 is 14.3 Å². The van der Waals surface area contributed by atoms with Crippen LogP contribution in [0.15, 0.2) is 60.3 Å². The standard InChI is InChI=1S/C20H20N6O3/c1-12-16(19(27)25-13-6-5-9-21-10-13)17(26-20(24-12)22-11-23-26)14-7-4-8-15(28-2)18(14)29-3/h4-11,17H,1-3H3,(H,25,27)(H,22,23,24). The fraction of sp³-hybridized carbons (Fsp3) is 0.200. The third kappa shape index (κ3) is 3.27. The normalized spacial score (nSPS) is 15.3. The van der Waals surface area contributed by atoms with Crippen LogP contribution >= 0.6 is 0 Å². The van der Waals surface area contributed by atoms with Crippen LogP contribution in [0.2, 0.25) is 0 Å². The number of carbonyl (C=O) groups is 1. The summed E-state index contributed by atoms with van der Waals surface area (Å²) in [6.07, 6.45) is 4.68. The maximum Gasteiger partial charge on any atom is 0.255 e. The molecular weight excluding hydrogens is 372 g/mol. The average molecular weight is 392 g/mol. The van der Waals surface area contributed by atoms with E-state index >= 15 is 0 Å². The number of para-hydroxylation sites is 1. The SMILES string of the molecule is COc1cccc(C2C(C(=O)Nc3cccnc3)=C(C)Nc3ncnn32)c1OC. The molecule has 2 N–H and O–H groups in total. The molecule has 2 aromatic heterocycles. The van der Waals surface area contributed by atoms with Gasteiger partial charge in [0.2, 0.25) is 5.95 Å². The van der Waals surface area contributed by atoms with Gasteiger partial charge in [-0.2, -0.15) is 10.1 Å². The van der Waals surface area contributed by atoms with Crippen molar-refractivity contribution in [3.05, 3.63) is 65.9 Å². The zero-order chi connectivity index (χ0) is 20.4. The number of allylic oxidation sites excluding steroid dienone is 1. The van der Waals surface area contributed by atoms with E-state index in [1.807, 2.05) is 19.1 Å². The molecular formula is C20H20N6O3. The lowest BCUT2D eigenvalue weighted by molar-refractivity contribution is -0.113. The van der Waals surface area contributed by atoms with Gasteiger partial charge in [-0.1, -0.05) is 12.1 Å². The number of benzene rings is 1. The highest BCUT2D eigenvalue weighted by Crippen LogP contribution is 2.42. The van der Waals surface area contributed by atoms with Crippen LogP contribution < -0.4 is 20.1 Å². The van der Waals surface area contributed by atoms with Gasteiger partial charge in [-0.25, -0.2) is 4.68 Å². The molecule has 1 aliphatic rings. The molecule has 0 spiro atoms. The summed E-state index contributed by atoms with van der Waals surface area (Å²) < 4.78 is 12.7. The van der Waals surface area contributed by atoms with Crippen molar-refractivity contribution >= 4 is 17.5 Å². The molecule has 148 valence electrons. The first-order valence-electron chi connectivity index (χ1n) is 8.93. The van der Waals surface area contributed by atoms with Crippen LogP contribution in [0.3, 0.4) is 0 Å². The molecule has 1 amide bonds. The number of anilines is 2. The van der Waals surface area contributed by atoms with Gasteiger partial charge in [0.25, 0.3) is 5.91 Å². The second-order valence-corrected chi connectivity index (χ2v) is 6.37. The van der Waals surface area contributed by atoms with Gasteiger partial charge in [-0.05, 0) is 25.1 Å². The quantitative estimate of drug-likeness (QED) is 0.688. The van der Waals surface area contributed by atoms with Crippen LogP contribution in [0.25, 0.3) is 0 Å². The molecule has 0 saturated carbocycles. The number of nitrogens with zero attached hydrogens (tertiary/aromatic N) is 4. The van der Waals surface area contributed by atoms with Gasteiger partial charge in [-0.15, -0.1) is 0 Å². The van der Waals surface area contributed by atoms with Gasteiger partial charge < -0.3 is 20.1 Å². The molecule has 3 aromatic rings. The summed E-state index contributed by atoms with van der Waals surface area (Å²) in [4.78, 5) is 21.6. The van der Waals surface area contributed by atoms with E-state index in [-0.39, 0.29) is 5.91 Å². The lowest BCUT2D eigenvalue weighted by Crippen LogP contribution is -2.31. The third-order valence-corrected chi connectivity index (χ3v) is 4.69. The first-order valence-corrected chi connectivity index (χ1v) is 8.93. The first kappa shape index (κ1) is 18.5. The number of fused-ring (bicyclic) bond motifs is 1. The predicted octanol–water partition coefficient (Wildman–Crippen LogP) is 2.62. The number of hydrogen-bond donors (Lipinski definition) is 2. The Morgan fingerprint density at radius 1 is 1.21 bits per heavy atom. The molecule has 0 saturated heterocycles. The van der Waals surface area contributed by atoms with Gasteiger partial charge >= 0.3 is 0 Å². The van der Waals surface area contributed by atoms with Gasteiger partial charge in [-0.3, -0.25) is 9.78 Å². The van der Waals surface area contributed by atoms with E-state index in [4.69, 9.17) is 9.47 Å². The Labute approximate surface area is 167 Å². The highest BCUT2D eigenvalue weighted by molar-refractivity contribution is 6.06. The summed E-state index contributed by atoms with van der Waals surface area (Å²) in [6.45, 7) is 1.83. The predicted molar refractivity (Wildman–Crippen MR) is 107 cm³/mol. The number of hydrogen-bond acceptors (Lipinski definition) is 7. The van der Waals surface area contributed by atoms with E-state index in [2.05, 4.69) is 25.7 Å². The fourth-order valence-electron chi connectivity index (χ4n) is 3.44. The van der Waals surface area contributed by atoms with Crippen molar-refractivity contribution in [1.82, 2.24) is 19.7 Å². The molecule has 29 heavy (non-hydrogen) atoms. The van der Waals surface area contributed by atoms with E-state index in [1.165, 1.54) is 6.33 Å². The lowest BCUT2D eigenvalue weighted by Gasteiger charge is -2.29. The van der Waals surface area contributed by atoms with Crippen LogP contribution in [0.4, 0.5) is 11.6 Å². The van der Waals surface area contributed by atoms with Crippen LogP contribution in [0.5, 0.6) is 11.5 Å². The van der Waals surface area contributed by atoms with Crippen molar-refractivity contribution in [3.8, 4) is 11.5 Å². The van der Waals surface area contributed by atoms with E-state index in [0.717, 1.165) is 5.56 Å². The number of methoxy groups -OCH3 is 2. The third-order valence-electron chi connectivity index (χ3n) is 4.69. The lowest BCUT2D eigenvalue weighted by atomic mass is 9.94. The Morgan fingerprint density at radius 3 is 2.79 bits per heavy atom. The Hall–Kier alpha value is -3.88. The molecule has 1 aromatic carbocycles. The molecule has 0 radical (unpaired) electrons. The molecule has 3 heterocycles. The number of carbonyl (C=O) groups excluding carboxylic acids is 1. The Balaban J connectivity index is 1.84. The molecule has 0 aliphatic carbocycles. The minimum Gasteiger partial charge on any atom is -0.493 e. The zero-order valence-corrected chi connectivity index (χ0v) is 16.2. The smallest absolute Gasteiger partial charge is 0.255 e. The highest BCUT2D eigenvalue weighted by Gasteiger charge is 2.35. The Morgan fingerprint density at radius 2 is 2.07 bits per heavy atom. The number of nitrogens with one attached hydrogen (secondary N) is 2. The summed E-state index contributed by atoms with van der Waals surface area (Å²) in [7, 11) is 3.14. The first-order chi connectivity index (χ1) is 14.1. The molecule has 9 nitrogen and oxygen atoms in total. The van der Waals surface area contributed by atoms with Crippen LogP contribution in [-0.2, 0) is 4.79 Å². The summed E-state index contributed by atoms with van der Waals surface area (Å²) in [6, 6.07) is 8.51. The maximum absolute atomic E-state index is 13.3. The topological polar surface area (TPSA) is 103 Å². The minimum atomic E-state index is -0.560. The summed E-state index contributed by atoms with van der Waals surface area (Å²) in [5.41, 5.74) is 2.48. The number of aromatic nitrogens is 4. The molecule has 0 fully saturated rings. The van der Waals surface area contributed by atoms with Crippen molar-refractivity contribution in [2.75, 3.05) is 24.9 Å². The monoisotopic (exact) mass is 392 g/mol. The number of amides is 1. The zero-order valence-electron chi connectivity index (χ0n) is 16.2. The van der Waals surface area contributed by atoms with Crippen molar-refractivity contribution in [1.29, 1.82) is 0 Å². The number of rotatable bonds is 5. The van der Waals surface area contributed by atoms with Crippen LogP contribution in [0, 0.1) is 0 Å². The van der Waals surface area contributed by atoms with E-state index in [9.17, 15) is 4.79 Å². The molecule has 4 rings (SSSR count). The Kier molecular flexibility index (Phi) is 4.86. The maximum atomic E-state index is 13.3. The summed E-state index contributed by atoms with van der Waals surface area (Å²) >= 11 is 0. The van der Waals surface area contributed by atoms with Gasteiger partial charge in [0.1, 0.15) is 12.4 Å². The molecule has 9 heteroatoms. The van der Waals surface area contributed by atoms with Crippen LogP contribution in [0.1, 0.15) is 18.5 Å². The van der Waals surface area contributed by atoms with Crippen molar-refractivity contribution in [2.24, 2.45) is 0 Å². The molecule has 1 unspecified atom stereocenters. The van der Waals surface area contributed by atoms with Gasteiger partial charge in [0.15, 0.2) is 11.5 Å². The van der Waals surface area contributed by atoms with E-state index < -0.39 is 6.04 Å². The largest absolute Gasteiger partial charge is 0.493 e. The summed E-state index contributed by atoms with van der Waals surface area (Å²) in [5.74, 6) is 1.35. The Bertz CT molecular complexity index is 1080. The van der Waals surface area contributed by atoms with E-state index in [0.29, 0.717) is 34.4 Å². The minimum absolute atomic E-state index is 0.279. The fourth-order valence-corrected chi connectivity index (χ4v) is 3.44. The van der Waals surface area contributed by atoms with Crippen molar-refractivity contribution in [2.45, 2.75) is 13.0 Å². The second kappa shape index (κ2) is 7.63. The highest BCUT2D eigenvalue weighted by atomic mass is 16.5. The van der Waals surface area contributed by atoms with Gasteiger partial charge in [0, 0.05) is 17.5 Å². The molecule has 1 atom stereocenters. The van der Waals surface area contributed by atoms with E-state index in [1.54, 1.807) is 49.5 Å². The van der Waals surface area contributed by atoms with Gasteiger partial charge in [0.05, 0.1) is 31.7 Å².